The largest absolute Gasteiger partial charge is 0.419 e. The molecule has 5 aromatic rings. The zero-order valence-electron chi connectivity index (χ0n) is 14.4. The number of aromatic amines is 1. The molecule has 0 saturated heterocycles. The molecule has 8 heteroatoms. The molecular weight excluding hydrogens is 374 g/mol. The van der Waals surface area contributed by atoms with Gasteiger partial charge in [-0.1, -0.05) is 18.2 Å². The number of amides is 1. The number of rotatable bonds is 3. The SMILES string of the molecule is O=C(Nc1ncc[nH]1)Oc1ccc(-c2csc3ccccc23)c2nccnc12. The number of aromatic nitrogens is 4. The Hall–Kier alpha value is -3.78. The third-order valence-corrected chi connectivity index (χ3v) is 5.24. The first kappa shape index (κ1) is 16.4. The van der Waals surface area contributed by atoms with Gasteiger partial charge >= 0.3 is 6.09 Å². The molecule has 0 saturated carbocycles. The first-order valence-electron chi connectivity index (χ1n) is 8.48. The van der Waals surface area contributed by atoms with Crippen molar-refractivity contribution in [1.82, 2.24) is 19.9 Å². The quantitative estimate of drug-likeness (QED) is 0.462. The number of benzene rings is 2. The summed E-state index contributed by atoms with van der Waals surface area (Å²) in [5.41, 5.74) is 3.22. The van der Waals surface area contributed by atoms with Crippen molar-refractivity contribution in [3.63, 3.8) is 0 Å². The van der Waals surface area contributed by atoms with Crippen molar-refractivity contribution in [2.24, 2.45) is 0 Å². The number of thiophene rings is 1. The van der Waals surface area contributed by atoms with Crippen molar-refractivity contribution in [2.75, 3.05) is 5.32 Å². The standard InChI is InChI=1S/C20H13N5O2S/c26-20(25-19-23-9-10-24-19)27-15-6-5-13(17-18(15)22-8-7-21-17)14-11-28-16-4-2-1-3-12(14)16/h1-11H,(H2,23,24,25,26). The van der Waals surface area contributed by atoms with Crippen molar-refractivity contribution >= 4 is 44.5 Å². The average Bonchev–Trinajstić information content (AvgIpc) is 3.38. The van der Waals surface area contributed by atoms with Gasteiger partial charge in [-0.3, -0.25) is 10.3 Å². The first-order valence-corrected chi connectivity index (χ1v) is 9.36. The summed E-state index contributed by atoms with van der Waals surface area (Å²) in [5.74, 6) is 0.636. The van der Waals surface area contributed by atoms with E-state index in [0.29, 0.717) is 22.7 Å². The Morgan fingerprint density at radius 2 is 1.82 bits per heavy atom. The molecule has 136 valence electrons. The average molecular weight is 387 g/mol. The second-order valence-electron chi connectivity index (χ2n) is 5.96. The molecule has 5 rings (SSSR count). The van der Waals surface area contributed by atoms with Crippen LogP contribution < -0.4 is 10.1 Å². The molecule has 0 aliphatic rings. The van der Waals surface area contributed by atoms with Crippen LogP contribution in [0.5, 0.6) is 5.75 Å². The van der Waals surface area contributed by atoms with Gasteiger partial charge in [-0.2, -0.15) is 0 Å². The fraction of sp³-hybridized carbons (Fsp3) is 0. The number of fused-ring (bicyclic) bond motifs is 2. The molecular formula is C20H13N5O2S. The van der Waals surface area contributed by atoms with Gasteiger partial charge in [-0.15, -0.1) is 11.3 Å². The van der Waals surface area contributed by atoms with Crippen LogP contribution in [-0.2, 0) is 0 Å². The number of nitrogens with zero attached hydrogens (tertiary/aromatic N) is 3. The molecule has 0 spiro atoms. The van der Waals surface area contributed by atoms with Crippen LogP contribution in [0.2, 0.25) is 0 Å². The predicted molar refractivity (Wildman–Crippen MR) is 109 cm³/mol. The molecule has 0 aliphatic heterocycles. The summed E-state index contributed by atoms with van der Waals surface area (Å²) < 4.78 is 6.65. The lowest BCUT2D eigenvalue weighted by Crippen LogP contribution is -2.17. The highest BCUT2D eigenvalue weighted by atomic mass is 32.1. The zero-order chi connectivity index (χ0) is 18.9. The van der Waals surface area contributed by atoms with Crippen LogP contribution >= 0.6 is 11.3 Å². The summed E-state index contributed by atoms with van der Waals surface area (Å²) in [7, 11) is 0. The lowest BCUT2D eigenvalue weighted by atomic mass is 10.0. The Morgan fingerprint density at radius 3 is 2.68 bits per heavy atom. The Morgan fingerprint density at radius 1 is 0.964 bits per heavy atom. The van der Waals surface area contributed by atoms with E-state index < -0.39 is 6.09 Å². The van der Waals surface area contributed by atoms with Gasteiger partial charge in [0, 0.05) is 46.0 Å². The topological polar surface area (TPSA) is 92.8 Å². The number of anilines is 1. The molecule has 0 aliphatic carbocycles. The minimum atomic E-state index is -0.657. The van der Waals surface area contributed by atoms with E-state index in [1.54, 1.807) is 36.0 Å². The Kier molecular flexibility index (Phi) is 3.95. The summed E-state index contributed by atoms with van der Waals surface area (Å²) in [6.45, 7) is 0. The molecule has 0 unspecified atom stereocenters. The number of carbonyl (C=O) groups is 1. The molecule has 1 amide bonds. The Labute approximate surface area is 163 Å². The number of nitrogens with one attached hydrogen (secondary N) is 2. The molecule has 3 aromatic heterocycles. The molecule has 0 atom stereocenters. The second kappa shape index (κ2) is 6.75. The first-order chi connectivity index (χ1) is 13.8. The molecule has 2 N–H and O–H groups in total. The van der Waals surface area contributed by atoms with E-state index in [0.717, 1.165) is 16.5 Å². The van der Waals surface area contributed by atoms with Gasteiger partial charge in [0.2, 0.25) is 5.95 Å². The van der Waals surface area contributed by atoms with Crippen molar-refractivity contribution < 1.29 is 9.53 Å². The highest BCUT2D eigenvalue weighted by Crippen LogP contribution is 2.38. The maximum atomic E-state index is 12.2. The van der Waals surface area contributed by atoms with E-state index in [1.807, 2.05) is 18.2 Å². The van der Waals surface area contributed by atoms with Gasteiger partial charge < -0.3 is 9.72 Å². The minimum Gasteiger partial charge on any atom is -0.408 e. The maximum Gasteiger partial charge on any atom is 0.419 e. The molecule has 3 heterocycles. The van der Waals surface area contributed by atoms with E-state index in [4.69, 9.17) is 4.74 Å². The smallest absolute Gasteiger partial charge is 0.408 e. The number of imidazole rings is 1. The summed E-state index contributed by atoms with van der Waals surface area (Å²) in [6.07, 6.45) is 5.70. The van der Waals surface area contributed by atoms with Crippen LogP contribution in [0.4, 0.5) is 10.7 Å². The van der Waals surface area contributed by atoms with Crippen LogP contribution in [0.25, 0.3) is 32.2 Å². The van der Waals surface area contributed by atoms with Crippen LogP contribution in [0.1, 0.15) is 0 Å². The van der Waals surface area contributed by atoms with E-state index in [9.17, 15) is 4.79 Å². The normalized spacial score (nSPS) is 11.0. The monoisotopic (exact) mass is 387 g/mol. The third kappa shape index (κ3) is 2.85. The fourth-order valence-corrected chi connectivity index (χ4v) is 4.03. The van der Waals surface area contributed by atoms with Gasteiger partial charge in [0.05, 0.1) is 0 Å². The summed E-state index contributed by atoms with van der Waals surface area (Å²) >= 11 is 1.68. The molecule has 7 nitrogen and oxygen atoms in total. The highest BCUT2D eigenvalue weighted by molar-refractivity contribution is 7.17. The number of hydrogen-bond acceptors (Lipinski definition) is 6. The van der Waals surface area contributed by atoms with Gasteiger partial charge in [0.1, 0.15) is 11.0 Å². The fourth-order valence-electron chi connectivity index (χ4n) is 3.07. The van der Waals surface area contributed by atoms with Crippen molar-refractivity contribution in [1.29, 1.82) is 0 Å². The van der Waals surface area contributed by atoms with Crippen LogP contribution in [0, 0.1) is 0 Å². The number of ether oxygens (including phenoxy) is 1. The maximum absolute atomic E-state index is 12.2. The van der Waals surface area contributed by atoms with Gasteiger partial charge in [0.25, 0.3) is 0 Å². The van der Waals surface area contributed by atoms with E-state index in [-0.39, 0.29) is 0 Å². The van der Waals surface area contributed by atoms with Gasteiger partial charge in [-0.05, 0) is 23.6 Å². The van der Waals surface area contributed by atoms with Crippen molar-refractivity contribution in [3.05, 3.63) is 66.6 Å². The van der Waals surface area contributed by atoms with E-state index >= 15 is 0 Å². The van der Waals surface area contributed by atoms with E-state index in [2.05, 4.69) is 42.8 Å². The predicted octanol–water partition coefficient (Wildman–Crippen LogP) is 4.85. The van der Waals surface area contributed by atoms with Crippen LogP contribution in [0.3, 0.4) is 0 Å². The van der Waals surface area contributed by atoms with Crippen LogP contribution in [0.15, 0.2) is 66.6 Å². The number of hydrogen-bond donors (Lipinski definition) is 2. The van der Waals surface area contributed by atoms with E-state index in [1.165, 1.54) is 10.9 Å². The summed E-state index contributed by atoms with van der Waals surface area (Å²) in [4.78, 5) is 27.8. The summed E-state index contributed by atoms with van der Waals surface area (Å²) in [5, 5.41) is 5.79. The lowest BCUT2D eigenvalue weighted by molar-refractivity contribution is 0.215. The summed E-state index contributed by atoms with van der Waals surface area (Å²) in [6, 6.07) is 11.9. The highest BCUT2D eigenvalue weighted by Gasteiger charge is 2.16. The van der Waals surface area contributed by atoms with Gasteiger partial charge in [-0.25, -0.2) is 14.8 Å². The second-order valence-corrected chi connectivity index (χ2v) is 6.87. The Bertz CT molecular complexity index is 1300. The minimum absolute atomic E-state index is 0.307. The molecule has 0 radical (unpaired) electrons. The zero-order valence-corrected chi connectivity index (χ0v) is 15.2. The molecule has 28 heavy (non-hydrogen) atoms. The van der Waals surface area contributed by atoms with Gasteiger partial charge in [0.15, 0.2) is 5.75 Å². The van der Waals surface area contributed by atoms with Crippen molar-refractivity contribution in [2.45, 2.75) is 0 Å². The molecule has 0 bridgehead atoms. The van der Waals surface area contributed by atoms with Crippen LogP contribution in [-0.4, -0.2) is 26.0 Å². The van der Waals surface area contributed by atoms with Crippen molar-refractivity contribution in [3.8, 4) is 16.9 Å². The number of H-pyrrole nitrogens is 1. The molecule has 0 fully saturated rings. The Balaban J connectivity index is 1.57. The number of carbonyl (C=O) groups excluding carboxylic acids is 1. The molecule has 2 aromatic carbocycles. The third-order valence-electron chi connectivity index (χ3n) is 4.28. The lowest BCUT2D eigenvalue weighted by Gasteiger charge is -2.10.